The minimum Gasteiger partial charge on any atom is -0.0588 e. The van der Waals surface area contributed by atoms with Crippen molar-refractivity contribution in [1.29, 1.82) is 0 Å². The summed E-state index contributed by atoms with van der Waals surface area (Å²) in [6.45, 7) is 0. The summed E-state index contributed by atoms with van der Waals surface area (Å²) in [6, 6.07) is 18.9. The molecule has 4 aliphatic rings. The molecule has 0 atom stereocenters. The highest BCUT2D eigenvalue weighted by molar-refractivity contribution is 5.23. The lowest BCUT2D eigenvalue weighted by molar-refractivity contribution is 0.610. The standard InChI is InChI=1S/C26H36/c1-3-7-11-23-15-19-25(20-16-23)13-9-5-2-6-10-14-26-21-17-24(18-22-26)12-8-4-1/h15-22H,1-14H2. The van der Waals surface area contributed by atoms with Gasteiger partial charge in [0.15, 0.2) is 0 Å². The molecule has 0 saturated carbocycles. The fourth-order valence-electron chi connectivity index (χ4n) is 4.12. The van der Waals surface area contributed by atoms with Gasteiger partial charge in [-0.15, -0.1) is 0 Å². The second-order valence-corrected chi connectivity index (χ2v) is 8.17. The summed E-state index contributed by atoms with van der Waals surface area (Å²) in [5.74, 6) is 0. The SMILES string of the molecule is c1cc2ccc1CCCCCCCc1ccc(cc1)CCCCCCC2. The first-order chi connectivity index (χ1) is 12.9. The van der Waals surface area contributed by atoms with Gasteiger partial charge < -0.3 is 0 Å². The van der Waals surface area contributed by atoms with Gasteiger partial charge in [0.25, 0.3) is 0 Å². The highest BCUT2D eigenvalue weighted by atomic mass is 14.1. The van der Waals surface area contributed by atoms with Gasteiger partial charge in [0.1, 0.15) is 0 Å². The van der Waals surface area contributed by atoms with Crippen molar-refractivity contribution in [2.75, 3.05) is 0 Å². The van der Waals surface area contributed by atoms with Crippen LogP contribution >= 0.6 is 0 Å². The van der Waals surface area contributed by atoms with Crippen LogP contribution in [-0.2, 0) is 25.7 Å². The topological polar surface area (TPSA) is 0 Å². The molecule has 0 aromatic heterocycles. The maximum Gasteiger partial charge on any atom is -0.0279 e. The zero-order valence-corrected chi connectivity index (χ0v) is 16.5. The Bertz CT molecular complexity index is 494. The van der Waals surface area contributed by atoms with Crippen LogP contribution < -0.4 is 0 Å². The zero-order chi connectivity index (χ0) is 17.9. The molecule has 0 spiro atoms. The summed E-state index contributed by atoms with van der Waals surface area (Å²) in [6.07, 6.45) is 18.6. The molecular formula is C26H36. The minimum atomic E-state index is 1.25. The molecular weight excluding hydrogens is 312 g/mol. The predicted octanol–water partition coefficient (Wildman–Crippen LogP) is 7.47. The highest BCUT2D eigenvalue weighted by Gasteiger charge is 2.00. The van der Waals surface area contributed by atoms with Gasteiger partial charge in [-0.25, -0.2) is 0 Å². The van der Waals surface area contributed by atoms with E-state index in [4.69, 9.17) is 0 Å². The van der Waals surface area contributed by atoms with Gasteiger partial charge in [-0.2, -0.15) is 0 Å². The minimum absolute atomic E-state index is 1.25. The molecule has 140 valence electrons. The summed E-state index contributed by atoms with van der Waals surface area (Å²) < 4.78 is 0. The second-order valence-electron chi connectivity index (χ2n) is 8.17. The van der Waals surface area contributed by atoms with Crippen LogP contribution in [0.4, 0.5) is 0 Å². The fourth-order valence-corrected chi connectivity index (χ4v) is 4.12. The Kier molecular flexibility index (Phi) is 8.29. The van der Waals surface area contributed by atoms with Crippen molar-refractivity contribution in [3.8, 4) is 0 Å². The van der Waals surface area contributed by atoms with Gasteiger partial charge in [-0.1, -0.05) is 87.1 Å². The van der Waals surface area contributed by atoms with E-state index in [0.29, 0.717) is 0 Å². The van der Waals surface area contributed by atoms with Crippen LogP contribution in [-0.4, -0.2) is 0 Å². The molecule has 0 fully saturated rings. The molecule has 4 aliphatic carbocycles. The quantitative estimate of drug-likeness (QED) is 0.463. The molecule has 0 heteroatoms. The van der Waals surface area contributed by atoms with Crippen molar-refractivity contribution >= 4 is 0 Å². The molecule has 0 unspecified atom stereocenters. The smallest absolute Gasteiger partial charge is 0.0279 e. The van der Waals surface area contributed by atoms with E-state index in [1.165, 1.54) is 112 Å². The highest BCUT2D eigenvalue weighted by Crippen LogP contribution is 2.16. The van der Waals surface area contributed by atoms with Gasteiger partial charge in [0.05, 0.1) is 0 Å². The average molecular weight is 349 g/mol. The van der Waals surface area contributed by atoms with Gasteiger partial charge in [0, 0.05) is 0 Å². The van der Waals surface area contributed by atoms with Crippen molar-refractivity contribution in [2.24, 2.45) is 0 Å². The first kappa shape index (κ1) is 19.2. The van der Waals surface area contributed by atoms with Crippen LogP contribution in [0.5, 0.6) is 0 Å². The Morgan fingerprint density at radius 2 is 0.462 bits per heavy atom. The number of rotatable bonds is 0. The summed E-state index contributed by atoms with van der Waals surface area (Å²) >= 11 is 0. The Hall–Kier alpha value is -1.56. The molecule has 0 aliphatic heterocycles. The number of hydrogen-bond donors (Lipinski definition) is 0. The maximum atomic E-state index is 2.37. The number of aryl methyl sites for hydroxylation is 4. The van der Waals surface area contributed by atoms with Gasteiger partial charge in [-0.05, 0) is 73.6 Å². The third kappa shape index (κ3) is 6.98. The predicted molar refractivity (Wildman–Crippen MR) is 114 cm³/mol. The van der Waals surface area contributed by atoms with Crippen molar-refractivity contribution in [1.82, 2.24) is 0 Å². The van der Waals surface area contributed by atoms with Crippen LogP contribution in [0.2, 0.25) is 0 Å². The zero-order valence-electron chi connectivity index (χ0n) is 16.5. The molecule has 26 heavy (non-hydrogen) atoms. The van der Waals surface area contributed by atoms with E-state index in [2.05, 4.69) is 48.5 Å². The molecule has 4 bridgehead atoms. The third-order valence-electron chi connectivity index (χ3n) is 5.91. The molecule has 0 N–H and O–H groups in total. The molecule has 0 radical (unpaired) electrons. The van der Waals surface area contributed by atoms with E-state index in [1.807, 2.05) is 0 Å². The fraction of sp³-hybridized carbons (Fsp3) is 0.538. The lowest BCUT2D eigenvalue weighted by Crippen LogP contribution is -1.92. The average Bonchev–Trinajstić information content (AvgIpc) is 2.68. The molecule has 0 amide bonds. The van der Waals surface area contributed by atoms with Gasteiger partial charge in [-0.3, -0.25) is 0 Å². The van der Waals surface area contributed by atoms with Gasteiger partial charge >= 0.3 is 0 Å². The van der Waals surface area contributed by atoms with Crippen LogP contribution in [0, 0.1) is 0 Å². The number of hydrogen-bond acceptors (Lipinski definition) is 0. The van der Waals surface area contributed by atoms with E-state index >= 15 is 0 Å². The third-order valence-corrected chi connectivity index (χ3v) is 5.91. The lowest BCUT2D eigenvalue weighted by atomic mass is 9.99. The van der Waals surface area contributed by atoms with E-state index < -0.39 is 0 Å². The summed E-state index contributed by atoms with van der Waals surface area (Å²) in [4.78, 5) is 0. The molecule has 6 rings (SSSR count). The van der Waals surface area contributed by atoms with Crippen LogP contribution in [0.25, 0.3) is 0 Å². The largest absolute Gasteiger partial charge is 0.0588 e. The van der Waals surface area contributed by atoms with E-state index in [-0.39, 0.29) is 0 Å². The Morgan fingerprint density at radius 1 is 0.269 bits per heavy atom. The number of benzene rings is 2. The molecule has 2 aromatic carbocycles. The van der Waals surface area contributed by atoms with Crippen molar-refractivity contribution < 1.29 is 0 Å². The van der Waals surface area contributed by atoms with Crippen molar-refractivity contribution in [2.45, 2.75) is 89.9 Å². The monoisotopic (exact) mass is 348 g/mol. The van der Waals surface area contributed by atoms with Crippen molar-refractivity contribution in [3.63, 3.8) is 0 Å². The molecule has 0 heterocycles. The first-order valence-corrected chi connectivity index (χ1v) is 11.1. The van der Waals surface area contributed by atoms with Gasteiger partial charge in [0.2, 0.25) is 0 Å². The molecule has 0 nitrogen and oxygen atoms in total. The maximum absolute atomic E-state index is 2.37. The first-order valence-electron chi connectivity index (χ1n) is 11.1. The van der Waals surface area contributed by atoms with Crippen molar-refractivity contribution in [3.05, 3.63) is 70.8 Å². The summed E-state index contributed by atoms with van der Waals surface area (Å²) in [7, 11) is 0. The van der Waals surface area contributed by atoms with Crippen LogP contribution in [0.3, 0.4) is 0 Å². The Balaban J connectivity index is 1.50. The Labute approximate surface area is 161 Å². The second kappa shape index (κ2) is 11.2. The normalized spacial score (nSPS) is 18.2. The Morgan fingerprint density at radius 3 is 0.692 bits per heavy atom. The van der Waals surface area contributed by atoms with E-state index in [1.54, 1.807) is 0 Å². The van der Waals surface area contributed by atoms with Crippen LogP contribution in [0.15, 0.2) is 48.5 Å². The van der Waals surface area contributed by atoms with E-state index in [0.717, 1.165) is 0 Å². The molecule has 0 saturated heterocycles. The lowest BCUT2D eigenvalue weighted by Gasteiger charge is -2.07. The van der Waals surface area contributed by atoms with E-state index in [9.17, 15) is 0 Å². The van der Waals surface area contributed by atoms with Crippen LogP contribution in [0.1, 0.15) is 86.5 Å². The summed E-state index contributed by atoms with van der Waals surface area (Å²) in [5.41, 5.74) is 6.10. The summed E-state index contributed by atoms with van der Waals surface area (Å²) in [5, 5.41) is 0. The molecule has 2 aromatic rings.